The molecule has 2 unspecified atom stereocenters. The first-order chi connectivity index (χ1) is 8.99. The van der Waals surface area contributed by atoms with Crippen LogP contribution in [0.2, 0.25) is 0 Å². The molecule has 0 aromatic heterocycles. The number of nitrogens with zero attached hydrogens (tertiary/aromatic N) is 2. The van der Waals surface area contributed by atoms with Crippen LogP contribution in [0, 0.1) is 0 Å². The van der Waals surface area contributed by atoms with Crippen molar-refractivity contribution in [2.24, 2.45) is 5.73 Å². The SMILES string of the molecule is NC(CCC(=O)O)C(=O)N1CCN2C(=O)CCC2C1. The van der Waals surface area contributed by atoms with Crippen molar-refractivity contribution in [3.8, 4) is 0 Å². The zero-order chi connectivity index (χ0) is 14.0. The molecule has 7 heteroatoms. The number of nitrogens with two attached hydrogens (primary N) is 1. The number of fused-ring (bicyclic) bond motifs is 1. The lowest BCUT2D eigenvalue weighted by Gasteiger charge is -2.38. The fourth-order valence-corrected chi connectivity index (χ4v) is 2.70. The van der Waals surface area contributed by atoms with E-state index in [2.05, 4.69) is 0 Å². The standard InChI is InChI=1S/C12H19N3O4/c13-9(2-4-11(17)18)12(19)14-5-6-15-8(7-14)1-3-10(15)16/h8-9H,1-7,13H2,(H,17,18). The predicted octanol–water partition coefficient (Wildman–Crippen LogP) is -0.988. The Hall–Kier alpha value is -1.63. The Bertz CT molecular complexity index is 398. The Morgan fingerprint density at radius 3 is 2.84 bits per heavy atom. The van der Waals surface area contributed by atoms with Crippen LogP contribution in [0.4, 0.5) is 0 Å². The molecular formula is C12H19N3O4. The minimum Gasteiger partial charge on any atom is -0.481 e. The lowest BCUT2D eigenvalue weighted by Crippen LogP contribution is -2.56. The predicted molar refractivity (Wildman–Crippen MR) is 66.2 cm³/mol. The van der Waals surface area contributed by atoms with Crippen LogP contribution in [0.15, 0.2) is 0 Å². The van der Waals surface area contributed by atoms with Gasteiger partial charge < -0.3 is 20.6 Å². The van der Waals surface area contributed by atoms with Gasteiger partial charge in [-0.3, -0.25) is 14.4 Å². The lowest BCUT2D eigenvalue weighted by molar-refractivity contribution is -0.141. The molecule has 2 heterocycles. The highest BCUT2D eigenvalue weighted by atomic mass is 16.4. The maximum Gasteiger partial charge on any atom is 0.303 e. The highest BCUT2D eigenvalue weighted by Crippen LogP contribution is 2.23. The fourth-order valence-electron chi connectivity index (χ4n) is 2.70. The van der Waals surface area contributed by atoms with E-state index >= 15 is 0 Å². The van der Waals surface area contributed by atoms with Crippen molar-refractivity contribution in [2.45, 2.75) is 37.8 Å². The lowest BCUT2D eigenvalue weighted by atomic mass is 10.1. The van der Waals surface area contributed by atoms with E-state index in [1.165, 1.54) is 0 Å². The van der Waals surface area contributed by atoms with Gasteiger partial charge in [-0.1, -0.05) is 0 Å². The summed E-state index contributed by atoms with van der Waals surface area (Å²) >= 11 is 0. The first-order valence-electron chi connectivity index (χ1n) is 6.54. The van der Waals surface area contributed by atoms with Gasteiger partial charge in [0.15, 0.2) is 0 Å². The molecule has 2 aliphatic rings. The molecule has 0 aromatic carbocycles. The number of carboxylic acids is 1. The summed E-state index contributed by atoms with van der Waals surface area (Å²) < 4.78 is 0. The molecule has 0 radical (unpaired) electrons. The third kappa shape index (κ3) is 3.04. The van der Waals surface area contributed by atoms with E-state index in [1.54, 1.807) is 4.90 Å². The number of piperazine rings is 1. The van der Waals surface area contributed by atoms with Crippen LogP contribution in [0.3, 0.4) is 0 Å². The molecule has 0 bridgehead atoms. The van der Waals surface area contributed by atoms with Gasteiger partial charge >= 0.3 is 5.97 Å². The number of carboxylic acid groups (broad SMARTS) is 1. The normalized spacial score (nSPS) is 24.3. The molecule has 3 N–H and O–H groups in total. The van der Waals surface area contributed by atoms with Crippen molar-refractivity contribution in [1.82, 2.24) is 9.80 Å². The summed E-state index contributed by atoms with van der Waals surface area (Å²) in [5, 5.41) is 8.58. The van der Waals surface area contributed by atoms with Crippen LogP contribution in [0.25, 0.3) is 0 Å². The van der Waals surface area contributed by atoms with Crippen LogP contribution in [-0.4, -0.2) is 64.4 Å². The average molecular weight is 269 g/mol. The summed E-state index contributed by atoms with van der Waals surface area (Å²) in [6.45, 7) is 1.56. The molecule has 19 heavy (non-hydrogen) atoms. The van der Waals surface area contributed by atoms with Gasteiger partial charge in [0.2, 0.25) is 11.8 Å². The van der Waals surface area contributed by atoms with E-state index in [1.807, 2.05) is 4.90 Å². The Kier molecular flexibility index (Phi) is 4.04. The third-order valence-corrected chi connectivity index (χ3v) is 3.79. The topological polar surface area (TPSA) is 104 Å². The molecule has 0 spiro atoms. The number of hydrogen-bond acceptors (Lipinski definition) is 4. The van der Waals surface area contributed by atoms with E-state index < -0.39 is 12.0 Å². The minimum atomic E-state index is -0.950. The van der Waals surface area contributed by atoms with Gasteiger partial charge in [0.25, 0.3) is 0 Å². The molecule has 2 amide bonds. The molecule has 0 aromatic rings. The van der Waals surface area contributed by atoms with Crippen molar-refractivity contribution in [2.75, 3.05) is 19.6 Å². The Morgan fingerprint density at radius 1 is 1.42 bits per heavy atom. The maximum atomic E-state index is 12.1. The minimum absolute atomic E-state index is 0.102. The van der Waals surface area contributed by atoms with Gasteiger partial charge in [-0.2, -0.15) is 0 Å². The summed E-state index contributed by atoms with van der Waals surface area (Å²) in [5.41, 5.74) is 5.73. The summed E-state index contributed by atoms with van der Waals surface area (Å²) in [6, 6.07) is -0.656. The number of aliphatic carboxylic acids is 1. The molecule has 7 nitrogen and oxygen atoms in total. The Balaban J connectivity index is 1.87. The van der Waals surface area contributed by atoms with Crippen LogP contribution >= 0.6 is 0 Å². The maximum absolute atomic E-state index is 12.1. The number of carbonyl (C=O) groups excluding carboxylic acids is 2. The van der Waals surface area contributed by atoms with Crippen molar-refractivity contribution in [3.05, 3.63) is 0 Å². The highest BCUT2D eigenvalue weighted by molar-refractivity contribution is 5.83. The third-order valence-electron chi connectivity index (χ3n) is 3.79. The van der Waals surface area contributed by atoms with Crippen molar-refractivity contribution >= 4 is 17.8 Å². The van der Waals surface area contributed by atoms with Gasteiger partial charge in [0.05, 0.1) is 6.04 Å². The Morgan fingerprint density at radius 2 is 2.16 bits per heavy atom. The first-order valence-corrected chi connectivity index (χ1v) is 6.54. The second-order valence-electron chi connectivity index (χ2n) is 5.10. The molecule has 2 fully saturated rings. The molecule has 2 atom stereocenters. The summed E-state index contributed by atoms with van der Waals surface area (Å²) in [4.78, 5) is 37.6. The van der Waals surface area contributed by atoms with Gasteiger partial charge in [-0.25, -0.2) is 0 Å². The van der Waals surface area contributed by atoms with Crippen LogP contribution in [-0.2, 0) is 14.4 Å². The summed E-state index contributed by atoms with van der Waals surface area (Å²) in [6.07, 6.45) is 1.39. The number of hydrogen-bond donors (Lipinski definition) is 2. The molecule has 106 valence electrons. The van der Waals surface area contributed by atoms with E-state index in [0.717, 1.165) is 6.42 Å². The molecule has 2 saturated heterocycles. The van der Waals surface area contributed by atoms with Crippen LogP contribution in [0.1, 0.15) is 25.7 Å². The monoisotopic (exact) mass is 269 g/mol. The molecule has 2 aliphatic heterocycles. The molecule has 0 aliphatic carbocycles. The molecule has 2 rings (SSSR count). The van der Waals surface area contributed by atoms with Gasteiger partial charge in [0, 0.05) is 38.5 Å². The van der Waals surface area contributed by atoms with E-state index in [-0.39, 0.29) is 30.7 Å². The second-order valence-corrected chi connectivity index (χ2v) is 5.10. The Labute approximate surface area is 111 Å². The van der Waals surface area contributed by atoms with Gasteiger partial charge in [-0.15, -0.1) is 0 Å². The zero-order valence-electron chi connectivity index (χ0n) is 10.7. The smallest absolute Gasteiger partial charge is 0.303 e. The van der Waals surface area contributed by atoms with Crippen molar-refractivity contribution in [1.29, 1.82) is 0 Å². The van der Waals surface area contributed by atoms with Crippen molar-refractivity contribution < 1.29 is 19.5 Å². The van der Waals surface area contributed by atoms with E-state index in [9.17, 15) is 14.4 Å². The summed E-state index contributed by atoms with van der Waals surface area (Å²) in [7, 11) is 0. The van der Waals surface area contributed by atoms with E-state index in [4.69, 9.17) is 10.8 Å². The first kappa shape index (κ1) is 13.8. The fraction of sp³-hybridized carbons (Fsp3) is 0.750. The van der Waals surface area contributed by atoms with Crippen molar-refractivity contribution in [3.63, 3.8) is 0 Å². The zero-order valence-corrected chi connectivity index (χ0v) is 10.7. The number of rotatable bonds is 4. The molecule has 0 saturated carbocycles. The van der Waals surface area contributed by atoms with E-state index in [0.29, 0.717) is 26.1 Å². The number of carbonyl (C=O) groups is 3. The average Bonchev–Trinajstić information content (AvgIpc) is 2.76. The highest BCUT2D eigenvalue weighted by Gasteiger charge is 2.37. The van der Waals surface area contributed by atoms with Gasteiger partial charge in [-0.05, 0) is 12.8 Å². The molecular weight excluding hydrogens is 250 g/mol. The second kappa shape index (κ2) is 5.56. The quantitative estimate of drug-likeness (QED) is 0.682. The van der Waals surface area contributed by atoms with Crippen LogP contribution in [0.5, 0.6) is 0 Å². The van der Waals surface area contributed by atoms with Crippen LogP contribution < -0.4 is 5.73 Å². The largest absolute Gasteiger partial charge is 0.481 e. The number of amides is 2. The summed E-state index contributed by atoms with van der Waals surface area (Å²) in [5.74, 6) is -0.998. The van der Waals surface area contributed by atoms with Gasteiger partial charge in [0.1, 0.15) is 0 Å².